The van der Waals surface area contributed by atoms with Crippen molar-refractivity contribution in [2.45, 2.75) is 6.92 Å². The van der Waals surface area contributed by atoms with Gasteiger partial charge in [0.05, 0.1) is 0 Å². The van der Waals surface area contributed by atoms with Crippen LogP contribution in [0, 0.1) is 6.92 Å². The molecule has 0 fully saturated rings. The standard InChI is InChI=1S/C7H8N2O/c1-5-2-6-7(8-3-5)9-4-10-6/h2-3H,4H2,1H3,(H,8,9). The van der Waals surface area contributed by atoms with Gasteiger partial charge in [-0.25, -0.2) is 4.98 Å². The Balaban J connectivity index is 2.52. The quantitative estimate of drug-likeness (QED) is 0.581. The molecule has 0 radical (unpaired) electrons. The average Bonchev–Trinajstić information content (AvgIpc) is 2.33. The molecule has 0 saturated carbocycles. The molecule has 3 nitrogen and oxygen atoms in total. The van der Waals surface area contributed by atoms with E-state index in [2.05, 4.69) is 10.3 Å². The highest BCUT2D eigenvalue weighted by molar-refractivity contribution is 5.53. The van der Waals surface area contributed by atoms with E-state index in [-0.39, 0.29) is 0 Å². The highest BCUT2D eigenvalue weighted by Crippen LogP contribution is 2.26. The van der Waals surface area contributed by atoms with Gasteiger partial charge in [0.2, 0.25) is 0 Å². The van der Waals surface area contributed by atoms with Crippen molar-refractivity contribution in [1.29, 1.82) is 0 Å². The first kappa shape index (κ1) is 5.53. The molecule has 3 heteroatoms. The highest BCUT2D eigenvalue weighted by Gasteiger charge is 2.10. The van der Waals surface area contributed by atoms with Crippen molar-refractivity contribution in [2.75, 3.05) is 12.0 Å². The lowest BCUT2D eigenvalue weighted by molar-refractivity contribution is 0.372. The molecular weight excluding hydrogens is 128 g/mol. The van der Waals surface area contributed by atoms with Gasteiger partial charge in [0.1, 0.15) is 0 Å². The van der Waals surface area contributed by atoms with E-state index < -0.39 is 0 Å². The van der Waals surface area contributed by atoms with Gasteiger partial charge in [-0.15, -0.1) is 0 Å². The lowest BCUT2D eigenvalue weighted by Gasteiger charge is -1.95. The van der Waals surface area contributed by atoms with E-state index in [1.54, 1.807) is 0 Å². The van der Waals surface area contributed by atoms with E-state index in [1.807, 2.05) is 19.2 Å². The van der Waals surface area contributed by atoms with E-state index in [0.717, 1.165) is 17.1 Å². The number of hydrogen-bond acceptors (Lipinski definition) is 3. The van der Waals surface area contributed by atoms with Crippen molar-refractivity contribution >= 4 is 5.82 Å². The second-order valence-electron chi connectivity index (χ2n) is 2.32. The second-order valence-corrected chi connectivity index (χ2v) is 2.32. The summed E-state index contributed by atoms with van der Waals surface area (Å²) >= 11 is 0. The largest absolute Gasteiger partial charge is 0.469 e. The minimum absolute atomic E-state index is 0.547. The molecule has 10 heavy (non-hydrogen) atoms. The number of anilines is 1. The first-order chi connectivity index (χ1) is 4.86. The Labute approximate surface area is 59.0 Å². The van der Waals surface area contributed by atoms with Gasteiger partial charge in [-0.2, -0.15) is 0 Å². The molecule has 1 aromatic rings. The topological polar surface area (TPSA) is 34.1 Å². The fraction of sp³-hybridized carbons (Fsp3) is 0.286. The van der Waals surface area contributed by atoms with Crippen molar-refractivity contribution in [3.8, 4) is 5.75 Å². The van der Waals surface area contributed by atoms with Crippen molar-refractivity contribution in [3.63, 3.8) is 0 Å². The second kappa shape index (κ2) is 1.87. The summed E-state index contributed by atoms with van der Waals surface area (Å²) in [5.41, 5.74) is 1.13. The zero-order chi connectivity index (χ0) is 6.97. The Hall–Kier alpha value is -1.25. The zero-order valence-corrected chi connectivity index (χ0v) is 5.72. The first-order valence-corrected chi connectivity index (χ1v) is 3.19. The first-order valence-electron chi connectivity index (χ1n) is 3.19. The van der Waals surface area contributed by atoms with Crippen molar-refractivity contribution in [3.05, 3.63) is 17.8 Å². The third kappa shape index (κ3) is 0.708. The molecule has 0 unspecified atom stereocenters. The minimum atomic E-state index is 0.547. The molecule has 0 saturated heterocycles. The fourth-order valence-electron chi connectivity index (χ4n) is 0.967. The minimum Gasteiger partial charge on any atom is -0.469 e. The summed E-state index contributed by atoms with van der Waals surface area (Å²) < 4.78 is 5.21. The van der Waals surface area contributed by atoms with Crippen LogP contribution < -0.4 is 10.1 Å². The Bertz CT molecular complexity index is 260. The van der Waals surface area contributed by atoms with Crippen molar-refractivity contribution in [1.82, 2.24) is 4.98 Å². The van der Waals surface area contributed by atoms with Crippen LogP contribution in [0.25, 0.3) is 0 Å². The molecule has 0 aliphatic carbocycles. The van der Waals surface area contributed by atoms with Crippen LogP contribution in [0.3, 0.4) is 0 Å². The van der Waals surface area contributed by atoms with Crippen LogP contribution in [-0.2, 0) is 0 Å². The average molecular weight is 136 g/mol. The normalized spacial score (nSPS) is 13.7. The van der Waals surface area contributed by atoms with E-state index in [4.69, 9.17) is 4.74 Å². The number of rotatable bonds is 0. The van der Waals surface area contributed by atoms with E-state index in [9.17, 15) is 0 Å². The molecule has 0 atom stereocenters. The number of aromatic nitrogens is 1. The van der Waals surface area contributed by atoms with Gasteiger partial charge >= 0.3 is 0 Å². The summed E-state index contributed by atoms with van der Waals surface area (Å²) in [6, 6.07) is 1.97. The van der Waals surface area contributed by atoms with Gasteiger partial charge in [-0.05, 0) is 18.6 Å². The van der Waals surface area contributed by atoms with Gasteiger partial charge in [0.25, 0.3) is 0 Å². The van der Waals surface area contributed by atoms with Gasteiger partial charge in [0.15, 0.2) is 18.3 Å². The maximum absolute atomic E-state index is 5.21. The van der Waals surface area contributed by atoms with Crippen LogP contribution in [0.4, 0.5) is 5.82 Å². The smallest absolute Gasteiger partial charge is 0.171 e. The molecule has 0 aromatic carbocycles. The predicted octanol–water partition coefficient (Wildman–Crippen LogP) is 1.15. The highest BCUT2D eigenvalue weighted by atomic mass is 16.5. The zero-order valence-electron chi connectivity index (χ0n) is 5.72. The maximum Gasteiger partial charge on any atom is 0.171 e. The molecule has 1 N–H and O–H groups in total. The van der Waals surface area contributed by atoms with Gasteiger partial charge in [0, 0.05) is 6.20 Å². The summed E-state index contributed by atoms with van der Waals surface area (Å²) in [7, 11) is 0. The van der Waals surface area contributed by atoms with E-state index in [1.165, 1.54) is 0 Å². The van der Waals surface area contributed by atoms with Gasteiger partial charge < -0.3 is 10.1 Å². The third-order valence-electron chi connectivity index (χ3n) is 1.46. The maximum atomic E-state index is 5.21. The molecule has 0 amide bonds. The van der Waals surface area contributed by atoms with Crippen LogP contribution in [0.15, 0.2) is 12.3 Å². The Morgan fingerprint density at radius 3 is 3.50 bits per heavy atom. The molecular formula is C7H8N2O. The molecule has 52 valence electrons. The van der Waals surface area contributed by atoms with Gasteiger partial charge in [-0.3, -0.25) is 0 Å². The third-order valence-corrected chi connectivity index (χ3v) is 1.46. The predicted molar refractivity (Wildman–Crippen MR) is 38.1 cm³/mol. The summed E-state index contributed by atoms with van der Waals surface area (Å²) in [6.45, 7) is 2.54. The van der Waals surface area contributed by atoms with Crippen LogP contribution in [0.5, 0.6) is 5.75 Å². The number of ether oxygens (including phenoxy) is 1. The van der Waals surface area contributed by atoms with Crippen LogP contribution in [0.1, 0.15) is 5.56 Å². The fourth-order valence-corrected chi connectivity index (χ4v) is 0.967. The van der Waals surface area contributed by atoms with Crippen LogP contribution in [-0.4, -0.2) is 11.7 Å². The molecule has 1 aliphatic heterocycles. The molecule has 1 aliphatic rings. The summed E-state index contributed by atoms with van der Waals surface area (Å²) in [4.78, 5) is 4.12. The Morgan fingerprint density at radius 1 is 1.70 bits per heavy atom. The number of aryl methyl sites for hydroxylation is 1. The van der Waals surface area contributed by atoms with Crippen LogP contribution in [0.2, 0.25) is 0 Å². The van der Waals surface area contributed by atoms with Crippen LogP contribution >= 0.6 is 0 Å². The van der Waals surface area contributed by atoms with Crippen molar-refractivity contribution in [2.24, 2.45) is 0 Å². The summed E-state index contributed by atoms with van der Waals surface area (Å²) in [5.74, 6) is 1.71. The van der Waals surface area contributed by atoms with Crippen molar-refractivity contribution < 1.29 is 4.74 Å². The Morgan fingerprint density at radius 2 is 2.60 bits per heavy atom. The molecule has 2 rings (SSSR count). The number of nitrogens with one attached hydrogen (secondary N) is 1. The molecule has 0 bridgehead atoms. The van der Waals surface area contributed by atoms with E-state index in [0.29, 0.717) is 6.73 Å². The molecule has 2 heterocycles. The number of fused-ring (bicyclic) bond motifs is 1. The Kier molecular flexibility index (Phi) is 1.03. The SMILES string of the molecule is Cc1cnc2c(c1)OCN2. The summed E-state index contributed by atoms with van der Waals surface area (Å²) in [5, 5.41) is 2.99. The monoisotopic (exact) mass is 136 g/mol. The molecule has 0 spiro atoms. The molecule has 1 aromatic heterocycles. The lowest BCUT2D eigenvalue weighted by atomic mass is 10.3. The lowest BCUT2D eigenvalue weighted by Crippen LogP contribution is -1.96. The summed E-state index contributed by atoms with van der Waals surface area (Å²) in [6.07, 6.45) is 1.82. The van der Waals surface area contributed by atoms with Gasteiger partial charge in [-0.1, -0.05) is 0 Å². The number of hydrogen-bond donors (Lipinski definition) is 1. The number of nitrogens with zero attached hydrogens (tertiary/aromatic N) is 1. The van der Waals surface area contributed by atoms with E-state index >= 15 is 0 Å². The number of pyridine rings is 1.